The highest BCUT2D eigenvalue weighted by molar-refractivity contribution is 6.16. The smallest absolute Gasteiger partial charge is 0.138 e. The molecule has 0 unspecified atom stereocenters. The highest BCUT2D eigenvalue weighted by Crippen LogP contribution is 2.16. The van der Waals surface area contributed by atoms with E-state index in [1.165, 1.54) is 0 Å². The second kappa shape index (κ2) is 5.88. The van der Waals surface area contributed by atoms with Crippen LogP contribution in [0.5, 0.6) is 5.75 Å². The molecular weight excluding hydrogens is 272 g/mol. The summed E-state index contributed by atoms with van der Waals surface area (Å²) in [6, 6.07) is 13.8. The molecule has 0 spiro atoms. The second-order valence-electron chi connectivity index (χ2n) is 4.44. The number of hydrogen-bond acceptors (Lipinski definition) is 3. The van der Waals surface area contributed by atoms with Crippen LogP contribution in [0.2, 0.25) is 0 Å². The number of rotatable bonds is 4. The molecule has 4 heteroatoms. The van der Waals surface area contributed by atoms with Crippen molar-refractivity contribution in [3.8, 4) is 5.75 Å². The van der Waals surface area contributed by atoms with Crippen molar-refractivity contribution < 1.29 is 4.74 Å². The van der Waals surface area contributed by atoms with Gasteiger partial charge in [-0.15, -0.1) is 11.6 Å². The summed E-state index contributed by atoms with van der Waals surface area (Å²) >= 11 is 5.70. The summed E-state index contributed by atoms with van der Waals surface area (Å²) < 4.78 is 5.71. The molecule has 0 radical (unpaired) electrons. The normalized spacial score (nSPS) is 10.7. The summed E-state index contributed by atoms with van der Waals surface area (Å²) in [5, 5.41) is 1.12. The lowest BCUT2D eigenvalue weighted by atomic mass is 10.1. The van der Waals surface area contributed by atoms with Crippen LogP contribution in [0.4, 0.5) is 0 Å². The first kappa shape index (κ1) is 12.9. The topological polar surface area (TPSA) is 35.0 Å². The third kappa shape index (κ3) is 2.89. The molecule has 20 heavy (non-hydrogen) atoms. The minimum absolute atomic E-state index is 0.415. The summed E-state index contributed by atoms with van der Waals surface area (Å²) in [6.45, 7) is 0.507. The summed E-state index contributed by atoms with van der Waals surface area (Å²) in [5.74, 6) is 1.16. The van der Waals surface area contributed by atoms with Crippen LogP contribution in [0.1, 0.15) is 11.3 Å². The van der Waals surface area contributed by atoms with Gasteiger partial charge in [0.25, 0.3) is 0 Å². The molecule has 100 valence electrons. The van der Waals surface area contributed by atoms with Gasteiger partial charge in [-0.25, -0.2) is 0 Å². The van der Waals surface area contributed by atoms with Crippen LogP contribution in [0, 0.1) is 0 Å². The van der Waals surface area contributed by atoms with E-state index in [4.69, 9.17) is 16.3 Å². The molecular formula is C16H13ClN2O. The lowest BCUT2D eigenvalue weighted by Gasteiger charge is -2.07. The number of aromatic nitrogens is 2. The van der Waals surface area contributed by atoms with Gasteiger partial charge in [0.1, 0.15) is 12.4 Å². The first-order valence-corrected chi connectivity index (χ1v) is 6.86. The molecule has 0 saturated carbocycles. The average molecular weight is 285 g/mol. The zero-order valence-electron chi connectivity index (χ0n) is 10.8. The molecule has 3 nitrogen and oxygen atoms in total. The van der Waals surface area contributed by atoms with Crippen molar-refractivity contribution in [3.05, 3.63) is 66.1 Å². The van der Waals surface area contributed by atoms with Gasteiger partial charge in [0.2, 0.25) is 0 Å². The van der Waals surface area contributed by atoms with Crippen molar-refractivity contribution in [3.63, 3.8) is 0 Å². The summed E-state index contributed by atoms with van der Waals surface area (Å²) in [7, 11) is 0. The molecule has 1 aromatic carbocycles. The molecule has 0 saturated heterocycles. The number of benzene rings is 1. The summed E-state index contributed by atoms with van der Waals surface area (Å²) in [5.41, 5.74) is 2.94. The van der Waals surface area contributed by atoms with E-state index in [-0.39, 0.29) is 0 Å². The number of halogens is 1. The van der Waals surface area contributed by atoms with E-state index in [2.05, 4.69) is 16.0 Å². The van der Waals surface area contributed by atoms with E-state index in [0.717, 1.165) is 27.9 Å². The third-order valence-corrected chi connectivity index (χ3v) is 3.28. The zero-order valence-corrected chi connectivity index (χ0v) is 11.5. The van der Waals surface area contributed by atoms with Gasteiger partial charge >= 0.3 is 0 Å². The largest absolute Gasteiger partial charge is 0.487 e. The minimum Gasteiger partial charge on any atom is -0.487 e. The van der Waals surface area contributed by atoms with Crippen molar-refractivity contribution in [1.82, 2.24) is 9.97 Å². The molecule has 0 N–H and O–H groups in total. The van der Waals surface area contributed by atoms with Crippen molar-refractivity contribution in [1.29, 1.82) is 0 Å². The Kier molecular flexibility index (Phi) is 3.79. The van der Waals surface area contributed by atoms with Gasteiger partial charge in [-0.2, -0.15) is 0 Å². The molecule has 0 aliphatic carbocycles. The number of alkyl halides is 1. The Labute approximate surface area is 122 Å². The summed E-state index contributed by atoms with van der Waals surface area (Å²) in [6.07, 6.45) is 3.49. The molecule has 0 aliphatic heterocycles. The molecule has 2 heterocycles. The van der Waals surface area contributed by atoms with Gasteiger partial charge in [-0.05, 0) is 35.9 Å². The molecule has 0 fully saturated rings. The Balaban J connectivity index is 1.72. The van der Waals surface area contributed by atoms with Crippen LogP contribution in [-0.2, 0) is 12.5 Å². The Morgan fingerprint density at radius 1 is 1.05 bits per heavy atom. The highest BCUT2D eigenvalue weighted by atomic mass is 35.5. The average Bonchev–Trinajstić information content (AvgIpc) is 2.53. The number of nitrogens with zero attached hydrogens (tertiary/aromatic N) is 2. The van der Waals surface area contributed by atoms with Crippen LogP contribution in [0.3, 0.4) is 0 Å². The Morgan fingerprint density at radius 3 is 2.80 bits per heavy atom. The number of ether oxygens (including phenoxy) is 1. The van der Waals surface area contributed by atoms with Crippen LogP contribution in [-0.4, -0.2) is 9.97 Å². The SMILES string of the molecule is ClCc1ccc(OCc2ccc3ncccc3c2)cn1. The fourth-order valence-corrected chi connectivity index (χ4v) is 2.11. The van der Waals surface area contributed by atoms with Crippen LogP contribution in [0.25, 0.3) is 10.9 Å². The molecule has 2 aromatic heterocycles. The quantitative estimate of drug-likeness (QED) is 0.681. The number of pyridine rings is 2. The van der Waals surface area contributed by atoms with Gasteiger partial charge in [-0.3, -0.25) is 9.97 Å². The van der Waals surface area contributed by atoms with Gasteiger partial charge in [-0.1, -0.05) is 12.1 Å². The molecule has 3 rings (SSSR count). The molecule has 3 aromatic rings. The third-order valence-electron chi connectivity index (χ3n) is 3.01. The Bertz CT molecular complexity index is 713. The zero-order chi connectivity index (χ0) is 13.8. The fourth-order valence-electron chi connectivity index (χ4n) is 1.96. The maximum Gasteiger partial charge on any atom is 0.138 e. The van der Waals surface area contributed by atoms with Gasteiger partial charge in [0.15, 0.2) is 0 Å². The van der Waals surface area contributed by atoms with Crippen LogP contribution in [0.15, 0.2) is 54.9 Å². The van der Waals surface area contributed by atoms with E-state index in [0.29, 0.717) is 12.5 Å². The predicted octanol–water partition coefficient (Wildman–Crippen LogP) is 3.95. The van der Waals surface area contributed by atoms with Crippen molar-refractivity contribution in [2.24, 2.45) is 0 Å². The minimum atomic E-state index is 0.415. The monoisotopic (exact) mass is 284 g/mol. The maximum atomic E-state index is 5.71. The fraction of sp³-hybridized carbons (Fsp3) is 0.125. The molecule has 0 amide bonds. The van der Waals surface area contributed by atoms with E-state index < -0.39 is 0 Å². The first-order valence-electron chi connectivity index (χ1n) is 6.32. The molecule has 0 aliphatic rings. The van der Waals surface area contributed by atoms with E-state index in [1.807, 2.05) is 36.4 Å². The summed E-state index contributed by atoms with van der Waals surface area (Å²) in [4.78, 5) is 8.49. The van der Waals surface area contributed by atoms with Crippen molar-refractivity contribution in [2.75, 3.05) is 0 Å². The van der Waals surface area contributed by atoms with Gasteiger partial charge < -0.3 is 4.74 Å². The van der Waals surface area contributed by atoms with Gasteiger partial charge in [0, 0.05) is 11.6 Å². The first-order chi connectivity index (χ1) is 9.85. The Hall–Kier alpha value is -2.13. The standard InChI is InChI=1S/C16H13ClN2O/c17-9-14-4-5-15(10-19-14)20-11-12-3-6-16-13(8-12)2-1-7-18-16/h1-8,10H,9,11H2. The van der Waals surface area contributed by atoms with Crippen molar-refractivity contribution >= 4 is 22.5 Å². The van der Waals surface area contributed by atoms with E-state index >= 15 is 0 Å². The van der Waals surface area contributed by atoms with Crippen LogP contribution < -0.4 is 4.74 Å². The number of fused-ring (bicyclic) bond motifs is 1. The lowest BCUT2D eigenvalue weighted by molar-refractivity contribution is 0.305. The lowest BCUT2D eigenvalue weighted by Crippen LogP contribution is -1.96. The predicted molar refractivity (Wildman–Crippen MR) is 79.9 cm³/mol. The van der Waals surface area contributed by atoms with Gasteiger partial charge in [0.05, 0.1) is 23.3 Å². The highest BCUT2D eigenvalue weighted by Gasteiger charge is 2.00. The maximum absolute atomic E-state index is 5.71. The molecule has 0 bridgehead atoms. The second-order valence-corrected chi connectivity index (χ2v) is 4.71. The van der Waals surface area contributed by atoms with E-state index in [1.54, 1.807) is 12.4 Å². The van der Waals surface area contributed by atoms with Crippen LogP contribution >= 0.6 is 11.6 Å². The number of hydrogen-bond donors (Lipinski definition) is 0. The Morgan fingerprint density at radius 2 is 2.00 bits per heavy atom. The van der Waals surface area contributed by atoms with E-state index in [9.17, 15) is 0 Å². The molecule has 0 atom stereocenters. The van der Waals surface area contributed by atoms with Crippen molar-refractivity contribution in [2.45, 2.75) is 12.5 Å².